The molecule has 0 atom stereocenters. The molecule has 0 radical (unpaired) electrons. The summed E-state index contributed by atoms with van der Waals surface area (Å²) in [7, 11) is 0. The normalized spacial score (nSPS) is 12.8. The van der Waals surface area contributed by atoms with Crippen LogP contribution < -0.4 is 22.3 Å². The predicted molar refractivity (Wildman–Crippen MR) is 82.6 cm³/mol. The number of aromatic nitrogens is 1. The SMILES string of the molecule is CCNc1cc[n+](CCN2C(=O)c3ccccc3C2=O)cc1.[Cl-]. The van der Waals surface area contributed by atoms with E-state index in [1.54, 1.807) is 24.3 Å². The molecule has 1 aromatic heterocycles. The number of nitrogens with zero attached hydrogens (tertiary/aromatic N) is 2. The van der Waals surface area contributed by atoms with Gasteiger partial charge in [0.05, 0.1) is 17.7 Å². The second-order valence-electron chi connectivity index (χ2n) is 5.16. The zero-order chi connectivity index (χ0) is 15.5. The fourth-order valence-electron chi connectivity index (χ4n) is 2.59. The number of imide groups is 1. The molecule has 2 aromatic rings. The minimum absolute atomic E-state index is 0. The molecule has 0 bridgehead atoms. The summed E-state index contributed by atoms with van der Waals surface area (Å²) in [5.74, 6) is -0.407. The van der Waals surface area contributed by atoms with Gasteiger partial charge in [-0.25, -0.2) is 4.57 Å². The Hall–Kier alpha value is -2.40. The summed E-state index contributed by atoms with van der Waals surface area (Å²) in [6.45, 7) is 3.87. The van der Waals surface area contributed by atoms with Gasteiger partial charge < -0.3 is 17.7 Å². The molecule has 0 aliphatic carbocycles. The van der Waals surface area contributed by atoms with Gasteiger partial charge in [-0.15, -0.1) is 0 Å². The molecule has 120 valence electrons. The van der Waals surface area contributed by atoms with Gasteiger partial charge in [0.1, 0.15) is 0 Å². The third-order valence-electron chi connectivity index (χ3n) is 3.73. The number of carbonyl (C=O) groups excluding carboxylic acids is 2. The van der Waals surface area contributed by atoms with E-state index in [9.17, 15) is 9.59 Å². The Morgan fingerprint density at radius 2 is 1.57 bits per heavy atom. The van der Waals surface area contributed by atoms with E-state index in [0.29, 0.717) is 24.2 Å². The molecule has 1 aliphatic rings. The summed E-state index contributed by atoms with van der Waals surface area (Å²) in [4.78, 5) is 25.8. The van der Waals surface area contributed by atoms with Gasteiger partial charge >= 0.3 is 0 Å². The summed E-state index contributed by atoms with van der Waals surface area (Å²) >= 11 is 0. The number of rotatable bonds is 5. The Balaban J connectivity index is 0.00000192. The smallest absolute Gasteiger partial charge is 0.261 e. The number of pyridine rings is 1. The van der Waals surface area contributed by atoms with Gasteiger partial charge in [-0.05, 0) is 19.1 Å². The van der Waals surface area contributed by atoms with Crippen molar-refractivity contribution in [2.45, 2.75) is 13.5 Å². The molecule has 1 aliphatic heterocycles. The average molecular weight is 332 g/mol. The van der Waals surface area contributed by atoms with Crippen LogP contribution in [0.4, 0.5) is 5.69 Å². The van der Waals surface area contributed by atoms with E-state index in [1.807, 2.05) is 36.0 Å². The number of carbonyl (C=O) groups is 2. The third-order valence-corrected chi connectivity index (χ3v) is 3.73. The highest BCUT2D eigenvalue weighted by Crippen LogP contribution is 2.21. The molecule has 0 fully saturated rings. The lowest BCUT2D eigenvalue weighted by atomic mass is 10.1. The van der Waals surface area contributed by atoms with Crippen molar-refractivity contribution < 1.29 is 26.6 Å². The van der Waals surface area contributed by atoms with Crippen molar-refractivity contribution >= 4 is 17.5 Å². The Labute approximate surface area is 141 Å². The summed E-state index contributed by atoms with van der Waals surface area (Å²) in [5, 5.41) is 3.23. The quantitative estimate of drug-likeness (QED) is 0.548. The first-order valence-corrected chi connectivity index (χ1v) is 7.39. The summed E-state index contributed by atoms with van der Waals surface area (Å²) in [5.41, 5.74) is 2.06. The molecular weight excluding hydrogens is 314 g/mol. The number of nitrogens with one attached hydrogen (secondary N) is 1. The predicted octanol–water partition coefficient (Wildman–Crippen LogP) is -1.29. The van der Waals surface area contributed by atoms with Crippen molar-refractivity contribution in [2.24, 2.45) is 0 Å². The number of halogens is 1. The molecule has 23 heavy (non-hydrogen) atoms. The van der Waals surface area contributed by atoms with E-state index in [2.05, 4.69) is 5.32 Å². The number of hydrogen-bond donors (Lipinski definition) is 1. The monoisotopic (exact) mass is 331 g/mol. The van der Waals surface area contributed by atoms with Crippen LogP contribution in [0.2, 0.25) is 0 Å². The molecule has 0 unspecified atom stereocenters. The van der Waals surface area contributed by atoms with Gasteiger partial charge in [-0.2, -0.15) is 0 Å². The molecule has 6 heteroatoms. The maximum absolute atomic E-state index is 12.3. The average Bonchev–Trinajstić information content (AvgIpc) is 2.79. The van der Waals surface area contributed by atoms with Crippen molar-refractivity contribution in [1.29, 1.82) is 0 Å². The topological polar surface area (TPSA) is 53.3 Å². The molecule has 0 saturated heterocycles. The second-order valence-corrected chi connectivity index (χ2v) is 5.16. The lowest BCUT2D eigenvalue weighted by molar-refractivity contribution is -0.695. The molecule has 2 amide bonds. The number of amides is 2. The lowest BCUT2D eigenvalue weighted by Gasteiger charge is -2.11. The van der Waals surface area contributed by atoms with Crippen LogP contribution in [0.25, 0.3) is 0 Å². The summed E-state index contributed by atoms with van der Waals surface area (Å²) < 4.78 is 1.96. The van der Waals surface area contributed by atoms with Crippen LogP contribution >= 0.6 is 0 Å². The fraction of sp³-hybridized carbons (Fsp3) is 0.235. The van der Waals surface area contributed by atoms with Gasteiger partial charge in [0, 0.05) is 24.4 Å². The standard InChI is InChI=1S/C17H17N3O2.ClH/c1-2-18-13-7-9-19(10-8-13)11-12-20-16(21)14-5-3-4-6-15(14)17(20)22;/h3-10H,2,11-12H2,1H3;1H. The van der Waals surface area contributed by atoms with Crippen LogP contribution in [0.15, 0.2) is 48.8 Å². The zero-order valence-electron chi connectivity index (χ0n) is 12.8. The van der Waals surface area contributed by atoms with Gasteiger partial charge in [-0.1, -0.05) is 12.1 Å². The highest BCUT2D eigenvalue weighted by molar-refractivity contribution is 6.21. The lowest BCUT2D eigenvalue weighted by Crippen LogP contribution is -3.00. The van der Waals surface area contributed by atoms with Gasteiger partial charge in [-0.3, -0.25) is 14.5 Å². The first-order chi connectivity index (χ1) is 10.7. The second kappa shape index (κ2) is 7.24. The maximum atomic E-state index is 12.3. The van der Waals surface area contributed by atoms with Crippen LogP contribution in [0.1, 0.15) is 27.6 Å². The Morgan fingerprint density at radius 1 is 1.00 bits per heavy atom. The third kappa shape index (κ3) is 3.35. The van der Waals surface area contributed by atoms with Crippen molar-refractivity contribution in [3.8, 4) is 0 Å². The minimum atomic E-state index is -0.203. The fourth-order valence-corrected chi connectivity index (χ4v) is 2.59. The first-order valence-electron chi connectivity index (χ1n) is 7.39. The van der Waals surface area contributed by atoms with E-state index in [-0.39, 0.29) is 24.2 Å². The molecular formula is C17H18ClN3O2. The maximum Gasteiger partial charge on any atom is 0.261 e. The van der Waals surface area contributed by atoms with Crippen molar-refractivity contribution in [3.05, 3.63) is 59.9 Å². The van der Waals surface area contributed by atoms with Gasteiger partial charge in [0.15, 0.2) is 18.9 Å². The van der Waals surface area contributed by atoms with Crippen molar-refractivity contribution in [1.82, 2.24) is 4.90 Å². The zero-order valence-corrected chi connectivity index (χ0v) is 13.6. The number of benzene rings is 1. The molecule has 2 heterocycles. The first kappa shape index (κ1) is 17.0. The Morgan fingerprint density at radius 3 is 2.09 bits per heavy atom. The van der Waals surface area contributed by atoms with Crippen LogP contribution in [0, 0.1) is 0 Å². The molecule has 0 saturated carbocycles. The van der Waals surface area contributed by atoms with E-state index in [4.69, 9.17) is 0 Å². The molecule has 5 nitrogen and oxygen atoms in total. The summed E-state index contributed by atoms with van der Waals surface area (Å²) in [6.07, 6.45) is 3.88. The number of anilines is 1. The van der Waals surface area contributed by atoms with E-state index in [0.717, 1.165) is 12.2 Å². The van der Waals surface area contributed by atoms with Crippen LogP contribution in [-0.4, -0.2) is 29.8 Å². The highest BCUT2D eigenvalue weighted by atomic mass is 35.5. The minimum Gasteiger partial charge on any atom is -1.00 e. The molecule has 1 N–H and O–H groups in total. The summed E-state index contributed by atoms with van der Waals surface area (Å²) in [6, 6.07) is 10.9. The van der Waals surface area contributed by atoms with E-state index >= 15 is 0 Å². The number of fused-ring (bicyclic) bond motifs is 1. The van der Waals surface area contributed by atoms with Crippen LogP contribution in [-0.2, 0) is 6.54 Å². The van der Waals surface area contributed by atoms with Crippen molar-refractivity contribution in [3.63, 3.8) is 0 Å². The Bertz CT molecular complexity index is 681. The Kier molecular flexibility index (Phi) is 5.34. The molecule has 0 spiro atoms. The molecule has 1 aromatic carbocycles. The van der Waals surface area contributed by atoms with E-state index in [1.165, 1.54) is 4.90 Å². The largest absolute Gasteiger partial charge is 1.00 e. The van der Waals surface area contributed by atoms with E-state index < -0.39 is 0 Å². The molecule has 3 rings (SSSR count). The highest BCUT2D eigenvalue weighted by Gasteiger charge is 2.35. The van der Waals surface area contributed by atoms with Crippen molar-refractivity contribution in [2.75, 3.05) is 18.4 Å². The van der Waals surface area contributed by atoms with Gasteiger partial charge in [0.25, 0.3) is 11.8 Å². The van der Waals surface area contributed by atoms with Gasteiger partial charge in [0.2, 0.25) is 0 Å². The van der Waals surface area contributed by atoms with Crippen LogP contribution in [0.5, 0.6) is 0 Å². The number of hydrogen-bond acceptors (Lipinski definition) is 3. The van der Waals surface area contributed by atoms with Crippen LogP contribution in [0.3, 0.4) is 0 Å².